The van der Waals surface area contributed by atoms with Crippen LogP contribution < -0.4 is 10.1 Å². The van der Waals surface area contributed by atoms with Crippen LogP contribution in [-0.4, -0.2) is 23.0 Å². The van der Waals surface area contributed by atoms with Gasteiger partial charge in [0.15, 0.2) is 0 Å². The molecule has 0 bridgehead atoms. The van der Waals surface area contributed by atoms with Crippen LogP contribution in [-0.2, 0) is 0 Å². The lowest BCUT2D eigenvalue weighted by Crippen LogP contribution is -2.16. The standard InChI is InChI=1S/C21H21F2N3O2/c1-28-14-10-15(22)19(16(23)11-14)21(27)24-13-7-8-17-18(9-13)26-20(25-17)12-5-3-2-4-6-12/h7-12H,2-6H2,1H3,(H,24,27)(H,25,26). The molecule has 7 heteroatoms. The molecule has 2 N–H and O–H groups in total. The third-order valence-corrected chi connectivity index (χ3v) is 5.23. The number of fused-ring (bicyclic) bond motifs is 1. The Kier molecular flexibility index (Phi) is 4.98. The molecule has 1 amide bonds. The monoisotopic (exact) mass is 385 g/mol. The van der Waals surface area contributed by atoms with Crippen LogP contribution in [0.25, 0.3) is 11.0 Å². The molecule has 0 atom stereocenters. The quantitative estimate of drug-likeness (QED) is 0.653. The number of carbonyl (C=O) groups is 1. The van der Waals surface area contributed by atoms with Gasteiger partial charge in [0.25, 0.3) is 5.91 Å². The van der Waals surface area contributed by atoms with Gasteiger partial charge in [-0.25, -0.2) is 13.8 Å². The summed E-state index contributed by atoms with van der Waals surface area (Å²) >= 11 is 0. The smallest absolute Gasteiger partial charge is 0.261 e. The second-order valence-corrected chi connectivity index (χ2v) is 7.11. The van der Waals surface area contributed by atoms with E-state index >= 15 is 0 Å². The summed E-state index contributed by atoms with van der Waals surface area (Å²) in [5, 5.41) is 2.55. The number of amides is 1. The molecule has 0 saturated heterocycles. The molecule has 0 spiro atoms. The lowest BCUT2D eigenvalue weighted by molar-refractivity contribution is 0.101. The molecule has 4 rings (SSSR count). The molecule has 5 nitrogen and oxygen atoms in total. The SMILES string of the molecule is COc1cc(F)c(C(=O)Nc2ccc3nc(C4CCCCC4)[nH]c3c2)c(F)c1. The number of hydrogen-bond acceptors (Lipinski definition) is 3. The molecule has 146 valence electrons. The number of ether oxygens (including phenoxy) is 1. The van der Waals surface area contributed by atoms with Crippen LogP contribution in [0.5, 0.6) is 5.75 Å². The van der Waals surface area contributed by atoms with Crippen molar-refractivity contribution >= 4 is 22.6 Å². The highest BCUT2D eigenvalue weighted by molar-refractivity contribution is 6.05. The van der Waals surface area contributed by atoms with Crippen LogP contribution in [0.1, 0.15) is 54.2 Å². The first kappa shape index (κ1) is 18.4. The van der Waals surface area contributed by atoms with Crippen molar-refractivity contribution in [3.63, 3.8) is 0 Å². The van der Waals surface area contributed by atoms with Crippen LogP contribution in [0.3, 0.4) is 0 Å². The van der Waals surface area contributed by atoms with E-state index in [-0.39, 0.29) is 5.75 Å². The van der Waals surface area contributed by atoms with E-state index in [4.69, 9.17) is 4.74 Å². The second kappa shape index (κ2) is 7.58. The van der Waals surface area contributed by atoms with Crippen molar-refractivity contribution in [3.05, 3.63) is 53.4 Å². The van der Waals surface area contributed by atoms with Crippen LogP contribution in [0.15, 0.2) is 30.3 Å². The Morgan fingerprint density at radius 2 is 1.86 bits per heavy atom. The number of imidazole rings is 1. The summed E-state index contributed by atoms with van der Waals surface area (Å²) in [6, 6.07) is 7.14. The summed E-state index contributed by atoms with van der Waals surface area (Å²) in [7, 11) is 1.30. The average Bonchev–Trinajstić information content (AvgIpc) is 3.11. The van der Waals surface area contributed by atoms with E-state index in [0.29, 0.717) is 11.6 Å². The van der Waals surface area contributed by atoms with E-state index < -0.39 is 23.1 Å². The number of halogens is 2. The first-order valence-corrected chi connectivity index (χ1v) is 9.39. The number of anilines is 1. The van der Waals surface area contributed by atoms with Gasteiger partial charge in [0.2, 0.25) is 0 Å². The summed E-state index contributed by atoms with van der Waals surface area (Å²) in [4.78, 5) is 20.4. The molecule has 0 radical (unpaired) electrons. The van der Waals surface area contributed by atoms with Crippen LogP contribution in [0.2, 0.25) is 0 Å². The van der Waals surface area contributed by atoms with Gasteiger partial charge in [0.1, 0.15) is 28.8 Å². The van der Waals surface area contributed by atoms with E-state index in [1.165, 1.54) is 26.4 Å². The van der Waals surface area contributed by atoms with Gasteiger partial charge in [-0.1, -0.05) is 19.3 Å². The Hall–Kier alpha value is -2.96. The van der Waals surface area contributed by atoms with Gasteiger partial charge in [0.05, 0.1) is 18.1 Å². The van der Waals surface area contributed by atoms with E-state index in [0.717, 1.165) is 41.8 Å². The Bertz CT molecular complexity index is 1000. The zero-order chi connectivity index (χ0) is 19.7. The Morgan fingerprint density at radius 1 is 1.14 bits per heavy atom. The maximum absolute atomic E-state index is 14.1. The highest BCUT2D eigenvalue weighted by atomic mass is 19.1. The minimum atomic E-state index is -0.975. The van der Waals surface area contributed by atoms with Crippen molar-refractivity contribution in [2.24, 2.45) is 0 Å². The number of methoxy groups -OCH3 is 1. The molecule has 1 aromatic heterocycles. The lowest BCUT2D eigenvalue weighted by Gasteiger charge is -2.18. The minimum Gasteiger partial charge on any atom is -0.497 e. The summed E-state index contributed by atoms with van der Waals surface area (Å²) in [6.45, 7) is 0. The molecule has 1 aliphatic carbocycles. The molecule has 0 aliphatic heterocycles. The number of aromatic nitrogens is 2. The fraction of sp³-hybridized carbons (Fsp3) is 0.333. The Morgan fingerprint density at radius 3 is 2.54 bits per heavy atom. The largest absolute Gasteiger partial charge is 0.497 e. The molecule has 1 fully saturated rings. The van der Waals surface area contributed by atoms with Gasteiger partial charge in [-0.3, -0.25) is 4.79 Å². The fourth-order valence-electron chi connectivity index (χ4n) is 3.75. The number of hydrogen-bond donors (Lipinski definition) is 2. The third-order valence-electron chi connectivity index (χ3n) is 5.23. The maximum Gasteiger partial charge on any atom is 0.261 e. The highest BCUT2D eigenvalue weighted by Gasteiger charge is 2.21. The maximum atomic E-state index is 14.1. The number of benzene rings is 2. The van der Waals surface area contributed by atoms with Crippen LogP contribution in [0, 0.1) is 11.6 Å². The average molecular weight is 385 g/mol. The van der Waals surface area contributed by atoms with E-state index in [2.05, 4.69) is 15.3 Å². The highest BCUT2D eigenvalue weighted by Crippen LogP contribution is 2.32. The molecule has 1 heterocycles. The molecule has 1 aliphatic rings. The number of carbonyl (C=O) groups excluding carboxylic acids is 1. The van der Waals surface area contributed by atoms with Crippen molar-refractivity contribution in [3.8, 4) is 5.75 Å². The van der Waals surface area contributed by atoms with Crippen molar-refractivity contribution in [1.82, 2.24) is 9.97 Å². The van der Waals surface area contributed by atoms with E-state index in [9.17, 15) is 13.6 Å². The zero-order valence-electron chi connectivity index (χ0n) is 15.5. The first-order chi connectivity index (χ1) is 13.5. The summed E-state index contributed by atoms with van der Waals surface area (Å²) < 4.78 is 33.0. The van der Waals surface area contributed by atoms with Crippen molar-refractivity contribution < 1.29 is 18.3 Å². The summed E-state index contributed by atoms with van der Waals surface area (Å²) in [5.74, 6) is -1.40. The number of rotatable bonds is 4. The normalized spacial score (nSPS) is 15.0. The van der Waals surface area contributed by atoms with Crippen molar-refractivity contribution in [2.75, 3.05) is 12.4 Å². The molecule has 1 saturated carbocycles. The topological polar surface area (TPSA) is 67.0 Å². The third kappa shape index (κ3) is 3.56. The van der Waals surface area contributed by atoms with Gasteiger partial charge in [-0.15, -0.1) is 0 Å². The number of aromatic amines is 1. The Balaban J connectivity index is 1.57. The predicted octanol–water partition coefficient (Wildman–Crippen LogP) is 5.15. The number of nitrogens with zero attached hydrogens (tertiary/aromatic N) is 1. The van der Waals surface area contributed by atoms with Gasteiger partial charge in [-0.2, -0.15) is 0 Å². The number of H-pyrrole nitrogens is 1. The van der Waals surface area contributed by atoms with Gasteiger partial charge in [0, 0.05) is 23.7 Å². The van der Waals surface area contributed by atoms with Crippen LogP contribution >= 0.6 is 0 Å². The predicted molar refractivity (Wildman–Crippen MR) is 103 cm³/mol. The summed E-state index contributed by atoms with van der Waals surface area (Å²) in [5.41, 5.74) is 1.38. The Labute approximate surface area is 161 Å². The second-order valence-electron chi connectivity index (χ2n) is 7.11. The van der Waals surface area contributed by atoms with Crippen molar-refractivity contribution in [1.29, 1.82) is 0 Å². The van der Waals surface area contributed by atoms with Gasteiger partial charge in [-0.05, 0) is 31.0 Å². The summed E-state index contributed by atoms with van der Waals surface area (Å²) in [6.07, 6.45) is 5.94. The molecule has 0 unspecified atom stereocenters. The molecule has 3 aromatic rings. The molecular formula is C21H21F2N3O2. The van der Waals surface area contributed by atoms with Crippen LogP contribution in [0.4, 0.5) is 14.5 Å². The first-order valence-electron chi connectivity index (χ1n) is 9.39. The van der Waals surface area contributed by atoms with Gasteiger partial charge >= 0.3 is 0 Å². The molecule has 28 heavy (non-hydrogen) atoms. The fourth-order valence-corrected chi connectivity index (χ4v) is 3.75. The molecule has 2 aromatic carbocycles. The molecular weight excluding hydrogens is 364 g/mol. The zero-order valence-corrected chi connectivity index (χ0v) is 15.5. The van der Waals surface area contributed by atoms with Gasteiger partial charge < -0.3 is 15.0 Å². The minimum absolute atomic E-state index is 0.0145. The van der Waals surface area contributed by atoms with E-state index in [1.807, 2.05) is 0 Å². The number of nitrogens with one attached hydrogen (secondary N) is 2. The van der Waals surface area contributed by atoms with E-state index in [1.54, 1.807) is 18.2 Å². The van der Waals surface area contributed by atoms with Crippen molar-refractivity contribution in [2.45, 2.75) is 38.0 Å². The lowest BCUT2D eigenvalue weighted by atomic mass is 9.89.